The van der Waals surface area contributed by atoms with Gasteiger partial charge in [-0.3, -0.25) is 0 Å². The van der Waals surface area contributed by atoms with Crippen molar-refractivity contribution >= 4 is 22.6 Å². The van der Waals surface area contributed by atoms with E-state index in [0.717, 1.165) is 24.9 Å². The lowest BCUT2D eigenvalue weighted by Gasteiger charge is -2.17. The van der Waals surface area contributed by atoms with Crippen molar-refractivity contribution in [2.75, 3.05) is 11.9 Å². The number of hydrogen-bond acceptors (Lipinski definition) is 3. The summed E-state index contributed by atoms with van der Waals surface area (Å²) in [7, 11) is 0. The van der Waals surface area contributed by atoms with E-state index in [-0.39, 0.29) is 0 Å². The fraction of sp³-hybridized carbons (Fsp3) is 0.360. The highest BCUT2D eigenvalue weighted by Gasteiger charge is 2.20. The van der Waals surface area contributed by atoms with Crippen molar-refractivity contribution in [3.05, 3.63) is 60.2 Å². The highest BCUT2D eigenvalue weighted by atomic mass is 16.4. The number of carboxylic acid groups (broad SMARTS) is 1. The van der Waals surface area contributed by atoms with Crippen LogP contribution in [0.25, 0.3) is 22.2 Å². The van der Waals surface area contributed by atoms with Crippen LogP contribution >= 0.6 is 0 Å². The molecule has 0 bridgehead atoms. The quantitative estimate of drug-likeness (QED) is 0.355. The highest BCUT2D eigenvalue weighted by Crippen LogP contribution is 2.34. The molecule has 0 aliphatic heterocycles. The molecule has 2 N–H and O–H groups in total. The van der Waals surface area contributed by atoms with Gasteiger partial charge >= 0.3 is 5.97 Å². The minimum absolute atomic E-state index is 0.303. The number of benzene rings is 2. The van der Waals surface area contributed by atoms with Crippen LogP contribution in [0, 0.1) is 0 Å². The number of aromatic carboxylic acids is 1. The molecule has 0 atom stereocenters. The lowest BCUT2D eigenvalue weighted by atomic mass is 10.0. The van der Waals surface area contributed by atoms with Crippen molar-refractivity contribution in [3.8, 4) is 11.3 Å². The molecule has 4 nitrogen and oxygen atoms in total. The summed E-state index contributed by atoms with van der Waals surface area (Å²) in [5.74, 6) is -0.928. The molecule has 0 fully saturated rings. The van der Waals surface area contributed by atoms with Crippen molar-refractivity contribution in [3.63, 3.8) is 0 Å². The Balaban J connectivity index is 1.85. The normalized spacial score (nSPS) is 10.9. The number of hydrogen-bond donors (Lipinski definition) is 2. The molecule has 3 aromatic rings. The summed E-state index contributed by atoms with van der Waals surface area (Å²) in [5.41, 5.74) is 3.24. The van der Waals surface area contributed by atoms with Gasteiger partial charge in [0, 0.05) is 17.5 Å². The number of pyridine rings is 1. The second-order valence-corrected chi connectivity index (χ2v) is 7.45. The van der Waals surface area contributed by atoms with Gasteiger partial charge in [0.2, 0.25) is 0 Å². The second kappa shape index (κ2) is 10.6. The third kappa shape index (κ3) is 5.35. The van der Waals surface area contributed by atoms with Gasteiger partial charge in [0.25, 0.3) is 0 Å². The SMILES string of the molecule is CCCCCCCCCNc1c(-c2ccccc2)nc2ccccc2c1C(=O)O. The first-order valence-electron chi connectivity index (χ1n) is 10.7. The Hall–Kier alpha value is -2.88. The Morgan fingerprint density at radius 1 is 0.897 bits per heavy atom. The summed E-state index contributed by atoms with van der Waals surface area (Å²) < 4.78 is 0. The van der Waals surface area contributed by atoms with Crippen LogP contribution in [-0.4, -0.2) is 22.6 Å². The minimum Gasteiger partial charge on any atom is -0.478 e. The summed E-state index contributed by atoms with van der Waals surface area (Å²) >= 11 is 0. The zero-order valence-electron chi connectivity index (χ0n) is 17.2. The molecule has 152 valence electrons. The maximum atomic E-state index is 12.2. The van der Waals surface area contributed by atoms with Crippen LogP contribution in [-0.2, 0) is 0 Å². The summed E-state index contributed by atoms with van der Waals surface area (Å²) in [4.78, 5) is 17.0. The Kier molecular flexibility index (Phi) is 7.62. The van der Waals surface area contributed by atoms with Crippen LogP contribution in [0.3, 0.4) is 0 Å². The van der Waals surface area contributed by atoms with Crippen molar-refractivity contribution in [2.24, 2.45) is 0 Å². The maximum absolute atomic E-state index is 12.2. The van der Waals surface area contributed by atoms with Crippen LogP contribution < -0.4 is 5.32 Å². The van der Waals surface area contributed by atoms with E-state index in [1.807, 2.05) is 54.6 Å². The second-order valence-electron chi connectivity index (χ2n) is 7.45. The molecule has 0 radical (unpaired) electrons. The van der Waals surface area contributed by atoms with Gasteiger partial charge in [-0.25, -0.2) is 9.78 Å². The first kappa shape index (κ1) is 20.8. The number of carbonyl (C=O) groups is 1. The molecule has 1 aromatic heterocycles. The molecule has 0 aliphatic rings. The van der Waals surface area contributed by atoms with E-state index in [0.29, 0.717) is 27.8 Å². The smallest absolute Gasteiger partial charge is 0.338 e. The Labute approximate surface area is 173 Å². The van der Waals surface area contributed by atoms with E-state index < -0.39 is 5.97 Å². The molecule has 0 saturated carbocycles. The number of aromatic nitrogens is 1. The number of carboxylic acids is 1. The standard InChI is InChI=1S/C25H30N2O2/c1-2-3-4-5-6-7-13-18-26-24-22(25(28)29)20-16-11-12-17-21(20)27-23(24)19-14-9-8-10-15-19/h8-12,14-17,26H,2-7,13,18H2,1H3,(H,28,29). The summed E-state index contributed by atoms with van der Waals surface area (Å²) in [5, 5.41) is 14.1. The fourth-order valence-electron chi connectivity index (χ4n) is 3.71. The molecule has 2 aromatic carbocycles. The Morgan fingerprint density at radius 3 is 2.28 bits per heavy atom. The molecule has 0 unspecified atom stereocenters. The number of fused-ring (bicyclic) bond motifs is 1. The first-order valence-corrected chi connectivity index (χ1v) is 10.7. The Bertz CT molecular complexity index is 938. The first-order chi connectivity index (χ1) is 14.2. The van der Waals surface area contributed by atoms with Crippen molar-refractivity contribution < 1.29 is 9.90 Å². The Morgan fingerprint density at radius 2 is 1.55 bits per heavy atom. The maximum Gasteiger partial charge on any atom is 0.338 e. The average molecular weight is 391 g/mol. The van der Waals surface area contributed by atoms with Crippen molar-refractivity contribution in [1.29, 1.82) is 0 Å². The molecule has 0 saturated heterocycles. The van der Waals surface area contributed by atoms with Crippen molar-refractivity contribution in [1.82, 2.24) is 4.98 Å². The zero-order chi connectivity index (χ0) is 20.5. The van der Waals surface area contributed by atoms with Gasteiger partial charge in [-0.2, -0.15) is 0 Å². The van der Waals surface area contributed by atoms with Crippen molar-refractivity contribution in [2.45, 2.75) is 51.9 Å². The predicted octanol–water partition coefficient (Wildman–Crippen LogP) is 6.76. The molecule has 3 rings (SSSR count). The van der Waals surface area contributed by atoms with Gasteiger partial charge in [0.15, 0.2) is 0 Å². The monoisotopic (exact) mass is 390 g/mol. The van der Waals surface area contributed by atoms with Crippen LogP contribution in [0.15, 0.2) is 54.6 Å². The van der Waals surface area contributed by atoms with Gasteiger partial charge < -0.3 is 10.4 Å². The minimum atomic E-state index is -0.928. The average Bonchev–Trinajstić information content (AvgIpc) is 2.75. The van der Waals surface area contributed by atoms with E-state index >= 15 is 0 Å². The van der Waals surface area contributed by atoms with Gasteiger partial charge in [0.05, 0.1) is 22.5 Å². The number of unbranched alkanes of at least 4 members (excludes halogenated alkanes) is 6. The fourth-order valence-corrected chi connectivity index (χ4v) is 3.71. The number of nitrogens with one attached hydrogen (secondary N) is 1. The third-order valence-corrected chi connectivity index (χ3v) is 5.24. The van der Waals surface area contributed by atoms with Crippen LogP contribution in [0.5, 0.6) is 0 Å². The largest absolute Gasteiger partial charge is 0.478 e. The molecule has 0 amide bonds. The number of nitrogens with zero attached hydrogens (tertiary/aromatic N) is 1. The topological polar surface area (TPSA) is 62.2 Å². The summed E-state index contributed by atoms with van der Waals surface area (Å²) in [6.45, 7) is 2.97. The number of anilines is 1. The van der Waals surface area contributed by atoms with Crippen LogP contribution in [0.4, 0.5) is 5.69 Å². The van der Waals surface area contributed by atoms with Gasteiger partial charge in [-0.15, -0.1) is 0 Å². The van der Waals surface area contributed by atoms with Crippen LogP contribution in [0.1, 0.15) is 62.2 Å². The van der Waals surface area contributed by atoms with Gasteiger partial charge in [0.1, 0.15) is 0 Å². The molecule has 4 heteroatoms. The molecule has 0 spiro atoms. The highest BCUT2D eigenvalue weighted by molar-refractivity contribution is 6.10. The van der Waals surface area contributed by atoms with Gasteiger partial charge in [-0.1, -0.05) is 94.0 Å². The molecule has 29 heavy (non-hydrogen) atoms. The molecule has 0 aliphatic carbocycles. The lowest BCUT2D eigenvalue weighted by molar-refractivity contribution is 0.0700. The van der Waals surface area contributed by atoms with Crippen LogP contribution in [0.2, 0.25) is 0 Å². The molecule has 1 heterocycles. The molecular formula is C25H30N2O2. The van der Waals surface area contributed by atoms with Gasteiger partial charge in [-0.05, 0) is 12.5 Å². The summed E-state index contributed by atoms with van der Waals surface area (Å²) in [6.07, 6.45) is 8.56. The van der Waals surface area contributed by atoms with E-state index in [1.165, 1.54) is 32.1 Å². The number of rotatable bonds is 11. The van der Waals surface area contributed by atoms with E-state index in [9.17, 15) is 9.90 Å². The number of para-hydroxylation sites is 1. The molecular weight excluding hydrogens is 360 g/mol. The van der Waals surface area contributed by atoms with E-state index in [2.05, 4.69) is 12.2 Å². The lowest BCUT2D eigenvalue weighted by Crippen LogP contribution is -2.11. The summed E-state index contributed by atoms with van der Waals surface area (Å²) in [6, 6.07) is 17.3. The van der Waals surface area contributed by atoms with E-state index in [4.69, 9.17) is 4.98 Å². The van der Waals surface area contributed by atoms with E-state index in [1.54, 1.807) is 0 Å². The zero-order valence-corrected chi connectivity index (χ0v) is 17.2. The predicted molar refractivity (Wildman–Crippen MR) is 121 cm³/mol. The third-order valence-electron chi connectivity index (χ3n) is 5.24.